The van der Waals surface area contributed by atoms with E-state index < -0.39 is 5.97 Å². The Morgan fingerprint density at radius 2 is 1.87 bits per heavy atom. The van der Waals surface area contributed by atoms with Crippen LogP contribution in [0.3, 0.4) is 0 Å². The van der Waals surface area contributed by atoms with Gasteiger partial charge in [-0.3, -0.25) is 9.59 Å². The third-order valence-corrected chi connectivity index (χ3v) is 10.5. The van der Waals surface area contributed by atoms with Crippen LogP contribution < -0.4 is 0 Å². The van der Waals surface area contributed by atoms with E-state index in [9.17, 15) is 14.7 Å². The van der Waals surface area contributed by atoms with E-state index in [0.717, 1.165) is 32.1 Å². The Morgan fingerprint density at radius 3 is 2.58 bits per heavy atom. The van der Waals surface area contributed by atoms with E-state index in [1.807, 2.05) is 13.0 Å². The van der Waals surface area contributed by atoms with E-state index in [2.05, 4.69) is 20.8 Å². The molecule has 174 valence electrons. The number of carboxylic acid groups (broad SMARTS) is 1. The highest BCUT2D eigenvalue weighted by atomic mass is 16.4. The second kappa shape index (κ2) is 8.32. The van der Waals surface area contributed by atoms with Crippen LogP contribution in [-0.4, -0.2) is 28.1 Å². The first-order valence-corrected chi connectivity index (χ1v) is 12.7. The number of aliphatic hydroxyl groups excluding tert-OH is 1. The van der Waals surface area contributed by atoms with E-state index in [-0.39, 0.29) is 28.6 Å². The number of hydrogen-bond donors (Lipinski definition) is 2. The van der Waals surface area contributed by atoms with Crippen molar-refractivity contribution >= 4 is 11.8 Å². The fourth-order valence-electron chi connectivity index (χ4n) is 8.57. The highest BCUT2D eigenvalue weighted by Gasteiger charge is 2.61. The second-order valence-corrected chi connectivity index (χ2v) is 12.0. The Morgan fingerprint density at radius 1 is 1.13 bits per heavy atom. The molecule has 31 heavy (non-hydrogen) atoms. The summed E-state index contributed by atoms with van der Waals surface area (Å²) in [5.41, 5.74) is 1.59. The lowest BCUT2D eigenvalue weighted by molar-refractivity contribution is -0.141. The van der Waals surface area contributed by atoms with Crippen LogP contribution in [0.15, 0.2) is 11.6 Å². The summed E-state index contributed by atoms with van der Waals surface area (Å²) in [6.07, 6.45) is 11.6. The van der Waals surface area contributed by atoms with Crippen molar-refractivity contribution in [3.63, 3.8) is 0 Å². The third-order valence-electron chi connectivity index (χ3n) is 10.5. The summed E-state index contributed by atoms with van der Waals surface area (Å²) >= 11 is 0. The van der Waals surface area contributed by atoms with E-state index in [4.69, 9.17) is 5.11 Å². The monoisotopic (exact) mass is 430 g/mol. The molecule has 3 fully saturated rings. The first-order valence-electron chi connectivity index (χ1n) is 12.7. The number of ketones is 1. The van der Waals surface area contributed by atoms with Crippen molar-refractivity contribution in [2.75, 3.05) is 0 Å². The first kappa shape index (κ1) is 23.0. The van der Waals surface area contributed by atoms with Gasteiger partial charge in [-0.05, 0) is 91.4 Å². The van der Waals surface area contributed by atoms with Crippen LogP contribution >= 0.6 is 0 Å². The summed E-state index contributed by atoms with van der Waals surface area (Å²) in [6, 6.07) is 0. The Labute approximate surface area is 187 Å². The minimum Gasteiger partial charge on any atom is -0.481 e. The van der Waals surface area contributed by atoms with Gasteiger partial charge in [0.15, 0.2) is 5.78 Å². The molecular weight excluding hydrogens is 388 g/mol. The molecule has 4 rings (SSSR count). The molecule has 0 spiro atoms. The van der Waals surface area contributed by atoms with Crippen molar-refractivity contribution in [1.29, 1.82) is 0 Å². The molecule has 4 aliphatic carbocycles. The number of fused-ring (bicyclic) bond motifs is 5. The molecule has 9 atom stereocenters. The topological polar surface area (TPSA) is 74.6 Å². The summed E-state index contributed by atoms with van der Waals surface area (Å²) in [5, 5.41) is 20.4. The molecule has 0 saturated heterocycles. The van der Waals surface area contributed by atoms with Gasteiger partial charge in [0.1, 0.15) is 0 Å². The highest BCUT2D eigenvalue weighted by Crippen LogP contribution is 2.67. The average molecular weight is 431 g/mol. The molecule has 0 aliphatic heterocycles. The summed E-state index contributed by atoms with van der Waals surface area (Å²) < 4.78 is 0. The minimum absolute atomic E-state index is 0.0931. The van der Waals surface area contributed by atoms with Gasteiger partial charge in [-0.25, -0.2) is 0 Å². The van der Waals surface area contributed by atoms with Gasteiger partial charge in [0.25, 0.3) is 0 Å². The summed E-state index contributed by atoms with van der Waals surface area (Å²) in [7, 11) is 0. The lowest BCUT2D eigenvalue weighted by Crippen LogP contribution is -2.55. The number of carbonyl (C=O) groups is 2. The van der Waals surface area contributed by atoms with Gasteiger partial charge < -0.3 is 10.2 Å². The quantitative estimate of drug-likeness (QED) is 0.572. The van der Waals surface area contributed by atoms with E-state index in [0.29, 0.717) is 42.4 Å². The smallest absolute Gasteiger partial charge is 0.306 e. The van der Waals surface area contributed by atoms with Crippen molar-refractivity contribution in [3.8, 4) is 0 Å². The molecule has 4 heteroatoms. The molecule has 0 bridgehead atoms. The maximum atomic E-state index is 12.1. The zero-order chi connectivity index (χ0) is 22.6. The molecule has 2 N–H and O–H groups in total. The molecule has 0 amide bonds. The van der Waals surface area contributed by atoms with Crippen molar-refractivity contribution in [3.05, 3.63) is 11.6 Å². The Balaban J connectivity index is 1.49. The first-order chi connectivity index (χ1) is 14.6. The van der Waals surface area contributed by atoms with Gasteiger partial charge in [-0.1, -0.05) is 46.1 Å². The predicted octanol–water partition coefficient (Wildman–Crippen LogP) is 5.63. The third kappa shape index (κ3) is 3.81. The fraction of sp³-hybridized carbons (Fsp3) is 0.852. The zero-order valence-electron chi connectivity index (χ0n) is 19.9. The molecule has 0 aromatic rings. The van der Waals surface area contributed by atoms with Crippen molar-refractivity contribution in [2.24, 2.45) is 46.3 Å². The summed E-state index contributed by atoms with van der Waals surface area (Å²) in [4.78, 5) is 23.2. The Hall–Kier alpha value is -1.16. The van der Waals surface area contributed by atoms with Gasteiger partial charge in [-0.15, -0.1) is 0 Å². The van der Waals surface area contributed by atoms with Crippen molar-refractivity contribution in [2.45, 2.75) is 98.0 Å². The zero-order valence-corrected chi connectivity index (χ0v) is 19.9. The normalized spacial score (nSPS) is 44.0. The number of rotatable bonds is 6. The molecule has 4 aliphatic rings. The van der Waals surface area contributed by atoms with Gasteiger partial charge in [0.05, 0.1) is 12.0 Å². The van der Waals surface area contributed by atoms with Crippen molar-refractivity contribution < 1.29 is 19.8 Å². The van der Waals surface area contributed by atoms with E-state index in [1.54, 1.807) is 0 Å². The largest absolute Gasteiger partial charge is 0.481 e. The van der Waals surface area contributed by atoms with Crippen LogP contribution in [0, 0.1) is 46.3 Å². The number of aliphatic hydroxyl groups is 1. The molecule has 0 aromatic carbocycles. The molecule has 2 unspecified atom stereocenters. The second-order valence-electron chi connectivity index (χ2n) is 12.0. The molecule has 4 nitrogen and oxygen atoms in total. The van der Waals surface area contributed by atoms with Crippen LogP contribution in [0.2, 0.25) is 0 Å². The van der Waals surface area contributed by atoms with Crippen LogP contribution in [0.4, 0.5) is 0 Å². The van der Waals surface area contributed by atoms with Gasteiger partial charge in [-0.2, -0.15) is 0 Å². The molecule has 3 saturated carbocycles. The van der Waals surface area contributed by atoms with E-state index in [1.165, 1.54) is 24.8 Å². The highest BCUT2D eigenvalue weighted by molar-refractivity contribution is 5.91. The minimum atomic E-state index is -0.684. The van der Waals surface area contributed by atoms with Crippen LogP contribution in [0.5, 0.6) is 0 Å². The maximum Gasteiger partial charge on any atom is 0.306 e. The van der Waals surface area contributed by atoms with Crippen molar-refractivity contribution in [1.82, 2.24) is 0 Å². The number of aliphatic carboxylic acids is 1. The average Bonchev–Trinajstić information content (AvgIpc) is 3.06. The summed E-state index contributed by atoms with van der Waals surface area (Å²) in [5.74, 6) is 2.01. The van der Waals surface area contributed by atoms with Crippen LogP contribution in [-0.2, 0) is 9.59 Å². The number of hydrogen-bond acceptors (Lipinski definition) is 3. The van der Waals surface area contributed by atoms with Crippen LogP contribution in [0.1, 0.15) is 91.9 Å². The van der Waals surface area contributed by atoms with Gasteiger partial charge in [0.2, 0.25) is 0 Å². The summed E-state index contributed by atoms with van der Waals surface area (Å²) in [6.45, 7) is 9.05. The lowest BCUT2D eigenvalue weighted by Gasteiger charge is -2.60. The molecule has 0 aromatic heterocycles. The van der Waals surface area contributed by atoms with Gasteiger partial charge >= 0.3 is 5.97 Å². The Bertz CT molecular complexity index is 756. The Kier molecular flexibility index (Phi) is 6.17. The number of carboxylic acids is 1. The maximum absolute atomic E-state index is 12.1. The van der Waals surface area contributed by atoms with Gasteiger partial charge in [0, 0.05) is 6.42 Å². The van der Waals surface area contributed by atoms with E-state index >= 15 is 0 Å². The SMILES string of the molecule is CC(CCCC(C)[C@H]1CC[C@H]2[C@@H]3[C@H](O)CC4=CC(=O)CC[C@]4(C)[C@H]3CC[C@]12C)C(=O)O. The fourth-order valence-corrected chi connectivity index (χ4v) is 8.57. The standard InChI is InChI=1S/C27H42O4/c1-16(6-5-7-17(2)25(30)31)20-8-9-21-24-22(11-13-27(20,21)4)26(3)12-10-19(28)14-18(26)15-23(24)29/h14,16-17,20-24,29H,5-13,15H2,1-4H3,(H,30,31)/t16?,17?,20-,21+,22+,23-,24+,26+,27-/m1/s1. The molecule has 0 heterocycles. The predicted molar refractivity (Wildman–Crippen MR) is 121 cm³/mol. The molecular formula is C27H42O4. The molecule has 0 radical (unpaired) electrons. The van der Waals surface area contributed by atoms with Crippen LogP contribution in [0.25, 0.3) is 0 Å². The number of carbonyl (C=O) groups excluding carboxylic acids is 1. The lowest BCUT2D eigenvalue weighted by atomic mass is 9.45.